The van der Waals surface area contributed by atoms with Crippen LogP contribution >= 0.6 is 11.6 Å². The number of carbonyl (C=O) groups is 1. The minimum Gasteiger partial charge on any atom is -0.294 e. The molecule has 0 saturated heterocycles. The highest BCUT2D eigenvalue weighted by molar-refractivity contribution is 7.91. The number of hydrogen-bond acceptors (Lipinski definition) is 3. The zero-order chi connectivity index (χ0) is 16.0. The van der Waals surface area contributed by atoms with E-state index in [9.17, 15) is 13.2 Å². The largest absolute Gasteiger partial charge is 0.294 e. The summed E-state index contributed by atoms with van der Waals surface area (Å²) in [6, 6.07) is 17.5. The lowest BCUT2D eigenvalue weighted by Crippen LogP contribution is -2.21. The Balaban J connectivity index is 2.32. The summed E-state index contributed by atoms with van der Waals surface area (Å²) < 4.78 is 24.9. The summed E-state index contributed by atoms with van der Waals surface area (Å²) in [4.78, 5) is 12.4. The van der Waals surface area contributed by atoms with E-state index in [1.165, 1.54) is 0 Å². The summed E-state index contributed by atoms with van der Waals surface area (Å²) in [5.41, 5.74) is 1.14. The van der Waals surface area contributed by atoms with Crippen molar-refractivity contribution < 1.29 is 13.2 Å². The summed E-state index contributed by atoms with van der Waals surface area (Å²) in [5.74, 6) is -0.311. The SMILES string of the molecule is O=C(CC(c1ccccc1)S(=O)(=O)CCCl)c1ccccc1. The predicted octanol–water partition coefficient (Wildman–Crippen LogP) is 3.65. The molecule has 2 rings (SSSR count). The van der Waals surface area contributed by atoms with Crippen LogP contribution in [-0.4, -0.2) is 25.8 Å². The lowest BCUT2D eigenvalue weighted by Gasteiger charge is -2.17. The Morgan fingerprint density at radius 1 is 0.955 bits per heavy atom. The molecule has 0 radical (unpaired) electrons. The van der Waals surface area contributed by atoms with Crippen molar-refractivity contribution in [3.05, 3.63) is 71.8 Å². The lowest BCUT2D eigenvalue weighted by atomic mass is 10.0. The van der Waals surface area contributed by atoms with Crippen molar-refractivity contribution in [1.82, 2.24) is 0 Å². The molecule has 0 aliphatic rings. The van der Waals surface area contributed by atoms with E-state index in [1.54, 1.807) is 48.5 Å². The van der Waals surface area contributed by atoms with Crippen LogP contribution in [0.25, 0.3) is 0 Å². The molecule has 0 aliphatic heterocycles. The van der Waals surface area contributed by atoms with Gasteiger partial charge in [0.05, 0.1) is 11.0 Å². The third-order valence-electron chi connectivity index (χ3n) is 3.43. The summed E-state index contributed by atoms with van der Waals surface area (Å²) in [5, 5.41) is -0.861. The Hall–Kier alpha value is -1.65. The van der Waals surface area contributed by atoms with E-state index in [2.05, 4.69) is 0 Å². The van der Waals surface area contributed by atoms with Crippen LogP contribution in [0.3, 0.4) is 0 Å². The minimum atomic E-state index is -3.48. The zero-order valence-corrected chi connectivity index (χ0v) is 13.6. The third-order valence-corrected chi connectivity index (χ3v) is 5.93. The monoisotopic (exact) mass is 336 g/mol. The normalized spacial score (nSPS) is 12.8. The number of rotatable bonds is 7. The van der Waals surface area contributed by atoms with E-state index in [0.717, 1.165) is 0 Å². The second kappa shape index (κ2) is 7.56. The second-order valence-corrected chi connectivity index (χ2v) is 7.63. The molecule has 116 valence electrons. The van der Waals surface area contributed by atoms with E-state index in [-0.39, 0.29) is 23.8 Å². The molecule has 1 unspecified atom stereocenters. The first-order valence-electron chi connectivity index (χ1n) is 6.95. The highest BCUT2D eigenvalue weighted by atomic mass is 35.5. The maximum absolute atomic E-state index is 12.5. The smallest absolute Gasteiger partial charge is 0.164 e. The minimum absolute atomic E-state index is 0.0190. The van der Waals surface area contributed by atoms with Gasteiger partial charge in [-0.05, 0) is 5.56 Å². The van der Waals surface area contributed by atoms with Gasteiger partial charge in [0, 0.05) is 17.9 Å². The van der Waals surface area contributed by atoms with Gasteiger partial charge >= 0.3 is 0 Å². The number of sulfone groups is 1. The number of Topliss-reactive ketones (excluding diaryl/α,β-unsaturated/α-hetero) is 1. The number of alkyl halides is 1. The van der Waals surface area contributed by atoms with Gasteiger partial charge in [-0.1, -0.05) is 60.7 Å². The van der Waals surface area contributed by atoms with E-state index < -0.39 is 15.1 Å². The molecule has 3 nitrogen and oxygen atoms in total. The fraction of sp³-hybridized carbons (Fsp3) is 0.235. The molecule has 1 atom stereocenters. The Morgan fingerprint density at radius 2 is 1.50 bits per heavy atom. The maximum atomic E-state index is 12.5. The molecule has 2 aromatic rings. The fourth-order valence-electron chi connectivity index (χ4n) is 2.28. The van der Waals surface area contributed by atoms with Gasteiger partial charge in [0.1, 0.15) is 0 Å². The summed E-state index contributed by atoms with van der Waals surface area (Å²) in [6.45, 7) is 0. The number of halogens is 1. The van der Waals surface area contributed by atoms with Crippen LogP contribution < -0.4 is 0 Å². The quantitative estimate of drug-likeness (QED) is 0.572. The van der Waals surface area contributed by atoms with Crippen molar-refractivity contribution in [2.45, 2.75) is 11.7 Å². The van der Waals surface area contributed by atoms with Crippen molar-refractivity contribution in [2.75, 3.05) is 11.6 Å². The molecule has 0 aromatic heterocycles. The van der Waals surface area contributed by atoms with E-state index in [4.69, 9.17) is 11.6 Å². The molecule has 0 amide bonds. The molecule has 0 fully saturated rings. The molecule has 0 aliphatic carbocycles. The van der Waals surface area contributed by atoms with Crippen molar-refractivity contribution in [3.63, 3.8) is 0 Å². The molecule has 2 aromatic carbocycles. The van der Waals surface area contributed by atoms with Crippen LogP contribution in [0.1, 0.15) is 27.6 Å². The molecule has 0 saturated carbocycles. The standard InChI is InChI=1S/C17H17ClO3S/c18-11-12-22(20,21)17(15-9-5-2-6-10-15)13-16(19)14-7-3-1-4-8-14/h1-10,17H,11-13H2. The van der Waals surface area contributed by atoms with Crippen LogP contribution in [0.15, 0.2) is 60.7 Å². The van der Waals surface area contributed by atoms with Crippen molar-refractivity contribution in [3.8, 4) is 0 Å². The maximum Gasteiger partial charge on any atom is 0.164 e. The first-order valence-corrected chi connectivity index (χ1v) is 9.20. The molecular weight excluding hydrogens is 320 g/mol. The second-order valence-electron chi connectivity index (χ2n) is 4.95. The van der Waals surface area contributed by atoms with Gasteiger partial charge in [0.2, 0.25) is 0 Å². The van der Waals surface area contributed by atoms with Gasteiger partial charge < -0.3 is 0 Å². The van der Waals surface area contributed by atoms with Gasteiger partial charge in [-0.15, -0.1) is 11.6 Å². The summed E-state index contributed by atoms with van der Waals surface area (Å²) in [7, 11) is -3.48. The number of benzene rings is 2. The average Bonchev–Trinajstić information content (AvgIpc) is 2.54. The molecule has 0 N–H and O–H groups in total. The number of carbonyl (C=O) groups excluding carboxylic acids is 1. The Labute approximate surface area is 135 Å². The molecule has 0 bridgehead atoms. The van der Waals surface area contributed by atoms with Gasteiger partial charge in [-0.25, -0.2) is 8.42 Å². The van der Waals surface area contributed by atoms with Gasteiger partial charge in [-0.2, -0.15) is 0 Å². The highest BCUT2D eigenvalue weighted by Gasteiger charge is 2.29. The van der Waals surface area contributed by atoms with E-state index >= 15 is 0 Å². The van der Waals surface area contributed by atoms with Crippen molar-refractivity contribution >= 4 is 27.2 Å². The van der Waals surface area contributed by atoms with E-state index in [1.807, 2.05) is 12.1 Å². The predicted molar refractivity (Wildman–Crippen MR) is 89.1 cm³/mol. The molecule has 5 heteroatoms. The fourth-order valence-corrected chi connectivity index (χ4v) is 4.40. The number of hydrogen-bond donors (Lipinski definition) is 0. The topological polar surface area (TPSA) is 51.2 Å². The summed E-state index contributed by atoms with van der Waals surface area (Å²) >= 11 is 5.61. The van der Waals surface area contributed by atoms with Gasteiger partial charge in [0.25, 0.3) is 0 Å². The molecule has 0 spiro atoms. The first kappa shape index (κ1) is 16.7. The Morgan fingerprint density at radius 3 is 2.05 bits per heavy atom. The molecule has 0 heterocycles. The molecular formula is C17H17ClO3S. The first-order chi connectivity index (χ1) is 10.5. The van der Waals surface area contributed by atoms with Gasteiger partial charge in [0.15, 0.2) is 15.6 Å². The lowest BCUT2D eigenvalue weighted by molar-refractivity contribution is 0.0981. The highest BCUT2D eigenvalue weighted by Crippen LogP contribution is 2.28. The number of ketones is 1. The van der Waals surface area contributed by atoms with E-state index in [0.29, 0.717) is 11.1 Å². The molecule has 22 heavy (non-hydrogen) atoms. The van der Waals surface area contributed by atoms with Crippen molar-refractivity contribution in [2.24, 2.45) is 0 Å². The van der Waals surface area contributed by atoms with Crippen molar-refractivity contribution in [1.29, 1.82) is 0 Å². The summed E-state index contributed by atoms with van der Waals surface area (Å²) in [6.07, 6.45) is -0.0761. The van der Waals surface area contributed by atoms with Crippen LogP contribution in [0, 0.1) is 0 Å². The zero-order valence-electron chi connectivity index (χ0n) is 12.0. The van der Waals surface area contributed by atoms with Crippen LogP contribution in [0.2, 0.25) is 0 Å². The third kappa shape index (κ3) is 4.18. The van der Waals surface area contributed by atoms with Crippen LogP contribution in [0.5, 0.6) is 0 Å². The van der Waals surface area contributed by atoms with Crippen LogP contribution in [-0.2, 0) is 9.84 Å². The average molecular weight is 337 g/mol. The Bertz CT molecular complexity index is 712. The Kier molecular flexibility index (Phi) is 5.75. The van der Waals surface area contributed by atoms with Gasteiger partial charge in [-0.3, -0.25) is 4.79 Å². The van der Waals surface area contributed by atoms with Crippen LogP contribution in [0.4, 0.5) is 0 Å².